The fraction of sp³-hybridized carbons (Fsp3) is 0.250. The van der Waals surface area contributed by atoms with Gasteiger partial charge in [-0.05, 0) is 48.0 Å². The lowest BCUT2D eigenvalue weighted by molar-refractivity contribution is 0.0746. The van der Waals surface area contributed by atoms with Crippen molar-refractivity contribution in [3.05, 3.63) is 83.0 Å². The first-order valence-corrected chi connectivity index (χ1v) is 10.5. The van der Waals surface area contributed by atoms with Gasteiger partial charge >= 0.3 is 0 Å². The van der Waals surface area contributed by atoms with Gasteiger partial charge in [0.05, 0.1) is 7.11 Å². The largest absolute Gasteiger partial charge is 0.493 e. The third-order valence-electron chi connectivity index (χ3n) is 5.23. The van der Waals surface area contributed by atoms with Gasteiger partial charge in [0.1, 0.15) is 12.4 Å². The topological polar surface area (TPSA) is 54.9 Å². The van der Waals surface area contributed by atoms with Gasteiger partial charge in [-0.3, -0.25) is 4.79 Å². The number of piperazine rings is 1. The Morgan fingerprint density at radius 3 is 2.55 bits per heavy atom. The molecule has 1 saturated heterocycles. The number of carbonyl (C=O) groups is 1. The number of hydrogen-bond donors (Lipinski definition) is 0. The lowest BCUT2D eigenvalue weighted by Crippen LogP contribution is -2.49. The molecule has 0 spiro atoms. The molecule has 1 aliphatic heterocycles. The molecule has 1 amide bonds. The number of halogens is 1. The second-order valence-corrected chi connectivity index (χ2v) is 7.69. The average molecular weight is 438 g/mol. The standard InChI is InChI=1S/C24H24ClN3O3/c1-30-21-9-8-19(16-22(21)31-17-18-5-4-6-20(25)15-18)24(29)28-13-11-27(12-14-28)23-7-2-3-10-26-23/h2-10,15-16H,11-14,17H2,1H3. The van der Waals surface area contributed by atoms with Gasteiger partial charge < -0.3 is 19.3 Å². The van der Waals surface area contributed by atoms with Gasteiger partial charge in [-0.2, -0.15) is 0 Å². The number of aromatic nitrogens is 1. The number of benzene rings is 2. The van der Waals surface area contributed by atoms with Crippen LogP contribution in [0.25, 0.3) is 0 Å². The van der Waals surface area contributed by atoms with Crippen LogP contribution in [0.5, 0.6) is 11.5 Å². The molecule has 7 heteroatoms. The predicted molar refractivity (Wildman–Crippen MR) is 121 cm³/mol. The third-order valence-corrected chi connectivity index (χ3v) is 5.47. The number of anilines is 1. The molecule has 2 aromatic carbocycles. The van der Waals surface area contributed by atoms with Crippen LogP contribution in [-0.2, 0) is 6.61 Å². The first-order valence-electron chi connectivity index (χ1n) is 10.1. The molecule has 4 rings (SSSR count). The van der Waals surface area contributed by atoms with Gasteiger partial charge in [0.25, 0.3) is 5.91 Å². The zero-order valence-corrected chi connectivity index (χ0v) is 18.1. The Morgan fingerprint density at radius 1 is 1.00 bits per heavy atom. The smallest absolute Gasteiger partial charge is 0.254 e. The van der Waals surface area contributed by atoms with Crippen LogP contribution in [0.3, 0.4) is 0 Å². The highest BCUT2D eigenvalue weighted by Gasteiger charge is 2.23. The van der Waals surface area contributed by atoms with Crippen molar-refractivity contribution in [2.24, 2.45) is 0 Å². The molecule has 1 aromatic heterocycles. The summed E-state index contributed by atoms with van der Waals surface area (Å²) in [5, 5.41) is 0.654. The maximum atomic E-state index is 13.1. The number of ether oxygens (including phenoxy) is 2. The molecule has 3 aromatic rings. The van der Waals surface area contributed by atoms with Crippen LogP contribution in [0.15, 0.2) is 66.9 Å². The second kappa shape index (κ2) is 9.71. The minimum atomic E-state index is -0.0177. The van der Waals surface area contributed by atoms with Gasteiger partial charge in [-0.25, -0.2) is 4.98 Å². The molecule has 160 valence electrons. The summed E-state index contributed by atoms with van der Waals surface area (Å²) in [6.45, 7) is 3.10. The molecule has 1 fully saturated rings. The van der Waals surface area contributed by atoms with Crippen LogP contribution in [0.2, 0.25) is 5.02 Å². The minimum Gasteiger partial charge on any atom is -0.493 e. The van der Waals surface area contributed by atoms with E-state index in [1.807, 2.05) is 47.4 Å². The van der Waals surface area contributed by atoms with E-state index in [0.717, 1.165) is 24.5 Å². The number of amides is 1. The molecule has 6 nitrogen and oxygen atoms in total. The van der Waals surface area contributed by atoms with Crippen molar-refractivity contribution in [3.63, 3.8) is 0 Å². The van der Waals surface area contributed by atoms with Crippen molar-refractivity contribution in [2.45, 2.75) is 6.61 Å². The van der Waals surface area contributed by atoms with E-state index in [9.17, 15) is 4.79 Å². The van der Waals surface area contributed by atoms with E-state index in [0.29, 0.717) is 41.8 Å². The molecule has 1 aliphatic rings. The molecule has 0 saturated carbocycles. The molecular formula is C24H24ClN3O3. The zero-order valence-electron chi connectivity index (χ0n) is 17.3. The Morgan fingerprint density at radius 2 is 1.84 bits per heavy atom. The maximum absolute atomic E-state index is 13.1. The second-order valence-electron chi connectivity index (χ2n) is 7.25. The van der Waals surface area contributed by atoms with Crippen molar-refractivity contribution in [3.8, 4) is 11.5 Å². The van der Waals surface area contributed by atoms with Crippen LogP contribution in [0.1, 0.15) is 15.9 Å². The molecule has 0 N–H and O–H groups in total. The number of methoxy groups -OCH3 is 1. The molecule has 2 heterocycles. The van der Waals surface area contributed by atoms with Gasteiger partial charge in [0, 0.05) is 43.0 Å². The molecule has 0 bridgehead atoms. The minimum absolute atomic E-state index is 0.0177. The lowest BCUT2D eigenvalue weighted by atomic mass is 10.1. The predicted octanol–water partition coefficient (Wildman–Crippen LogP) is 4.29. The number of pyridine rings is 1. The first-order chi connectivity index (χ1) is 15.1. The van der Waals surface area contributed by atoms with Crippen LogP contribution >= 0.6 is 11.6 Å². The van der Waals surface area contributed by atoms with Gasteiger partial charge in [0.2, 0.25) is 0 Å². The van der Waals surface area contributed by atoms with E-state index in [1.165, 1.54) is 0 Å². The molecular weight excluding hydrogens is 414 g/mol. The lowest BCUT2D eigenvalue weighted by Gasteiger charge is -2.35. The summed E-state index contributed by atoms with van der Waals surface area (Å²) < 4.78 is 11.4. The third kappa shape index (κ3) is 5.09. The Kier molecular flexibility index (Phi) is 6.57. The normalized spacial score (nSPS) is 13.7. The average Bonchev–Trinajstić information content (AvgIpc) is 2.83. The summed E-state index contributed by atoms with van der Waals surface area (Å²) >= 11 is 6.05. The molecule has 31 heavy (non-hydrogen) atoms. The van der Waals surface area contributed by atoms with E-state index in [2.05, 4.69) is 9.88 Å². The van der Waals surface area contributed by atoms with Crippen molar-refractivity contribution in [2.75, 3.05) is 38.2 Å². The summed E-state index contributed by atoms with van der Waals surface area (Å²) in [5.41, 5.74) is 1.52. The number of rotatable bonds is 6. The highest BCUT2D eigenvalue weighted by molar-refractivity contribution is 6.30. The van der Waals surface area contributed by atoms with Crippen molar-refractivity contribution >= 4 is 23.3 Å². The first kappa shape index (κ1) is 21.0. The quantitative estimate of drug-likeness (QED) is 0.576. The van der Waals surface area contributed by atoms with E-state index in [4.69, 9.17) is 21.1 Å². The van der Waals surface area contributed by atoms with Gasteiger partial charge in [-0.1, -0.05) is 29.8 Å². The summed E-state index contributed by atoms with van der Waals surface area (Å²) in [4.78, 5) is 21.5. The van der Waals surface area contributed by atoms with E-state index in [-0.39, 0.29) is 5.91 Å². The van der Waals surface area contributed by atoms with Gasteiger partial charge in [-0.15, -0.1) is 0 Å². The summed E-state index contributed by atoms with van der Waals surface area (Å²) in [7, 11) is 1.58. The van der Waals surface area contributed by atoms with E-state index < -0.39 is 0 Å². The maximum Gasteiger partial charge on any atom is 0.254 e. The Bertz CT molecular complexity index is 1040. The van der Waals surface area contributed by atoms with Gasteiger partial charge in [0.15, 0.2) is 11.5 Å². The number of nitrogens with zero attached hydrogens (tertiary/aromatic N) is 3. The Hall–Kier alpha value is -3.25. The van der Waals surface area contributed by atoms with Crippen molar-refractivity contribution in [1.29, 1.82) is 0 Å². The fourth-order valence-electron chi connectivity index (χ4n) is 3.57. The molecule has 0 unspecified atom stereocenters. The SMILES string of the molecule is COc1ccc(C(=O)N2CCN(c3ccccn3)CC2)cc1OCc1cccc(Cl)c1. The zero-order chi connectivity index (χ0) is 21.6. The van der Waals surface area contributed by atoms with Crippen LogP contribution in [0.4, 0.5) is 5.82 Å². The molecule has 0 aliphatic carbocycles. The highest BCUT2D eigenvalue weighted by atomic mass is 35.5. The summed E-state index contributed by atoms with van der Waals surface area (Å²) in [6.07, 6.45) is 1.79. The van der Waals surface area contributed by atoms with Crippen LogP contribution in [-0.4, -0.2) is 49.1 Å². The Labute approximate surface area is 187 Å². The monoisotopic (exact) mass is 437 g/mol. The summed E-state index contributed by atoms with van der Waals surface area (Å²) in [5.74, 6) is 2.03. The number of carbonyl (C=O) groups excluding carboxylic acids is 1. The van der Waals surface area contributed by atoms with Crippen LogP contribution < -0.4 is 14.4 Å². The van der Waals surface area contributed by atoms with E-state index in [1.54, 1.807) is 31.5 Å². The number of hydrogen-bond acceptors (Lipinski definition) is 5. The fourth-order valence-corrected chi connectivity index (χ4v) is 3.79. The van der Waals surface area contributed by atoms with E-state index >= 15 is 0 Å². The Balaban J connectivity index is 1.43. The highest BCUT2D eigenvalue weighted by Crippen LogP contribution is 2.30. The van der Waals surface area contributed by atoms with Crippen molar-refractivity contribution < 1.29 is 14.3 Å². The molecule has 0 atom stereocenters. The van der Waals surface area contributed by atoms with Crippen molar-refractivity contribution in [1.82, 2.24) is 9.88 Å². The molecule has 0 radical (unpaired) electrons. The van der Waals surface area contributed by atoms with Crippen LogP contribution in [0, 0.1) is 0 Å². The summed E-state index contributed by atoms with van der Waals surface area (Å²) in [6, 6.07) is 18.6.